The van der Waals surface area contributed by atoms with Crippen molar-refractivity contribution in [1.29, 1.82) is 5.26 Å². The molecule has 0 spiro atoms. The molecule has 0 radical (unpaired) electrons. The fourth-order valence-corrected chi connectivity index (χ4v) is 2.54. The van der Waals surface area contributed by atoms with Crippen molar-refractivity contribution in [2.75, 3.05) is 0 Å². The summed E-state index contributed by atoms with van der Waals surface area (Å²) >= 11 is 0. The summed E-state index contributed by atoms with van der Waals surface area (Å²) in [6.45, 7) is 5.48. The third-order valence-corrected chi connectivity index (χ3v) is 4.29. The maximum atomic E-state index is 12.0. The van der Waals surface area contributed by atoms with Crippen molar-refractivity contribution in [3.8, 4) is 6.07 Å². The lowest BCUT2D eigenvalue weighted by molar-refractivity contribution is -0.169. The van der Waals surface area contributed by atoms with Crippen molar-refractivity contribution in [1.82, 2.24) is 0 Å². The number of hydrogen-bond acceptors (Lipinski definition) is 5. The molecule has 0 amide bonds. The quantitative estimate of drug-likeness (QED) is 0.727. The SMILES string of the molecule is CCC(C)(C)C(=O)OC1C(=O)OC2CC(C#N)CC21. The number of rotatable bonds is 3. The molecule has 5 heteroatoms. The van der Waals surface area contributed by atoms with Gasteiger partial charge in [0.1, 0.15) is 6.10 Å². The van der Waals surface area contributed by atoms with Crippen molar-refractivity contribution >= 4 is 11.9 Å². The highest BCUT2D eigenvalue weighted by Crippen LogP contribution is 2.42. The topological polar surface area (TPSA) is 76.4 Å². The van der Waals surface area contributed by atoms with E-state index in [1.165, 1.54) is 0 Å². The van der Waals surface area contributed by atoms with E-state index < -0.39 is 17.5 Å². The third-order valence-electron chi connectivity index (χ3n) is 4.29. The Hall–Kier alpha value is -1.57. The molecule has 2 aliphatic rings. The minimum absolute atomic E-state index is 0.108. The van der Waals surface area contributed by atoms with Gasteiger partial charge in [0.15, 0.2) is 0 Å². The molecule has 0 aromatic heterocycles. The molecule has 0 aromatic carbocycles. The lowest BCUT2D eigenvalue weighted by Crippen LogP contribution is -2.35. The Morgan fingerprint density at radius 1 is 1.53 bits per heavy atom. The van der Waals surface area contributed by atoms with E-state index in [1.807, 2.05) is 6.92 Å². The summed E-state index contributed by atoms with van der Waals surface area (Å²) in [5, 5.41) is 8.92. The normalized spacial score (nSPS) is 33.5. The minimum atomic E-state index is -0.832. The van der Waals surface area contributed by atoms with E-state index in [0.29, 0.717) is 19.3 Å². The molecule has 0 aromatic rings. The first-order chi connectivity index (χ1) is 8.89. The second-order valence-corrected chi connectivity index (χ2v) is 6.00. The van der Waals surface area contributed by atoms with Crippen molar-refractivity contribution < 1.29 is 19.1 Å². The number of hydrogen-bond donors (Lipinski definition) is 0. The molecule has 2 fully saturated rings. The molecule has 4 unspecified atom stereocenters. The second-order valence-electron chi connectivity index (χ2n) is 6.00. The fourth-order valence-electron chi connectivity index (χ4n) is 2.54. The van der Waals surface area contributed by atoms with Gasteiger partial charge in [-0.05, 0) is 26.7 Å². The van der Waals surface area contributed by atoms with Crippen molar-refractivity contribution in [2.24, 2.45) is 17.3 Å². The first-order valence-electron chi connectivity index (χ1n) is 6.70. The summed E-state index contributed by atoms with van der Waals surface area (Å²) in [5.41, 5.74) is -0.606. The van der Waals surface area contributed by atoms with Crippen LogP contribution in [-0.2, 0) is 19.1 Å². The van der Waals surface area contributed by atoms with Crippen molar-refractivity contribution in [3.05, 3.63) is 0 Å². The zero-order valence-corrected chi connectivity index (χ0v) is 11.5. The summed E-state index contributed by atoms with van der Waals surface area (Å²) in [6, 6.07) is 2.19. The van der Waals surface area contributed by atoms with Gasteiger partial charge >= 0.3 is 11.9 Å². The molecular formula is C14H19NO4. The van der Waals surface area contributed by atoms with E-state index in [2.05, 4.69) is 6.07 Å². The second kappa shape index (κ2) is 4.84. The summed E-state index contributed by atoms with van der Waals surface area (Å²) in [6.07, 6.45) is 0.666. The Bertz CT molecular complexity index is 437. The average Bonchev–Trinajstić information content (AvgIpc) is 2.88. The average molecular weight is 265 g/mol. The van der Waals surface area contributed by atoms with Crippen LogP contribution in [0.1, 0.15) is 40.0 Å². The van der Waals surface area contributed by atoms with Gasteiger partial charge in [-0.3, -0.25) is 4.79 Å². The predicted octanol–water partition coefficient (Wildman–Crippen LogP) is 1.81. The van der Waals surface area contributed by atoms with E-state index in [4.69, 9.17) is 14.7 Å². The number of carbonyl (C=O) groups is 2. The number of nitrogens with zero attached hydrogens (tertiary/aromatic N) is 1. The maximum Gasteiger partial charge on any atom is 0.348 e. The van der Waals surface area contributed by atoms with Gasteiger partial charge in [-0.2, -0.15) is 5.26 Å². The smallest absolute Gasteiger partial charge is 0.348 e. The number of ether oxygens (including phenoxy) is 2. The van der Waals surface area contributed by atoms with Crippen LogP contribution in [0.15, 0.2) is 0 Å². The highest BCUT2D eigenvalue weighted by molar-refractivity contribution is 5.83. The van der Waals surface area contributed by atoms with Gasteiger partial charge in [0.2, 0.25) is 6.10 Å². The molecule has 1 saturated heterocycles. The molecule has 0 bridgehead atoms. The van der Waals surface area contributed by atoms with Crippen LogP contribution in [-0.4, -0.2) is 24.1 Å². The van der Waals surface area contributed by atoms with E-state index in [-0.39, 0.29) is 23.9 Å². The monoisotopic (exact) mass is 265 g/mol. The van der Waals surface area contributed by atoms with Gasteiger partial charge < -0.3 is 9.47 Å². The Morgan fingerprint density at radius 2 is 2.21 bits per heavy atom. The largest absolute Gasteiger partial charge is 0.459 e. The third kappa shape index (κ3) is 2.44. The molecular weight excluding hydrogens is 246 g/mol. The molecule has 1 saturated carbocycles. The first-order valence-corrected chi connectivity index (χ1v) is 6.70. The molecule has 0 N–H and O–H groups in total. The minimum Gasteiger partial charge on any atom is -0.459 e. The Morgan fingerprint density at radius 3 is 2.79 bits per heavy atom. The lowest BCUT2D eigenvalue weighted by Gasteiger charge is -2.23. The Balaban J connectivity index is 2.06. The van der Waals surface area contributed by atoms with E-state index in [9.17, 15) is 9.59 Å². The van der Waals surface area contributed by atoms with Crippen LogP contribution in [0.25, 0.3) is 0 Å². The number of esters is 2. The van der Waals surface area contributed by atoms with Crippen LogP contribution in [0.2, 0.25) is 0 Å². The highest BCUT2D eigenvalue weighted by Gasteiger charge is 2.53. The van der Waals surface area contributed by atoms with E-state index in [1.54, 1.807) is 13.8 Å². The molecule has 5 nitrogen and oxygen atoms in total. The number of carbonyl (C=O) groups excluding carboxylic acids is 2. The van der Waals surface area contributed by atoms with Crippen molar-refractivity contribution in [3.63, 3.8) is 0 Å². The number of fused-ring (bicyclic) bond motifs is 1. The summed E-state index contributed by atoms with van der Waals surface area (Å²) in [4.78, 5) is 23.8. The van der Waals surface area contributed by atoms with Crippen LogP contribution in [0, 0.1) is 28.6 Å². The Kier molecular flexibility index (Phi) is 3.53. The number of nitriles is 1. The molecule has 1 heterocycles. The van der Waals surface area contributed by atoms with Crippen LogP contribution in [0.4, 0.5) is 0 Å². The van der Waals surface area contributed by atoms with Crippen LogP contribution < -0.4 is 0 Å². The summed E-state index contributed by atoms with van der Waals surface area (Å²) in [5.74, 6) is -1.11. The van der Waals surface area contributed by atoms with Crippen LogP contribution in [0.3, 0.4) is 0 Å². The van der Waals surface area contributed by atoms with Crippen molar-refractivity contribution in [2.45, 2.75) is 52.2 Å². The van der Waals surface area contributed by atoms with E-state index >= 15 is 0 Å². The summed E-state index contributed by atoms with van der Waals surface area (Å²) < 4.78 is 10.6. The van der Waals surface area contributed by atoms with Crippen LogP contribution >= 0.6 is 0 Å². The zero-order valence-electron chi connectivity index (χ0n) is 11.5. The van der Waals surface area contributed by atoms with Gasteiger partial charge in [0.25, 0.3) is 0 Å². The van der Waals surface area contributed by atoms with Gasteiger partial charge in [0.05, 0.1) is 17.4 Å². The standard InChI is InChI=1S/C14H19NO4/c1-4-14(2,3)13(17)19-11-9-5-8(7-15)6-10(9)18-12(11)16/h8-11H,4-6H2,1-3H3. The van der Waals surface area contributed by atoms with Gasteiger partial charge in [-0.25, -0.2) is 4.79 Å². The van der Waals surface area contributed by atoms with E-state index in [0.717, 1.165) is 0 Å². The molecule has 4 atom stereocenters. The Labute approximate surface area is 112 Å². The molecule has 2 rings (SSSR count). The molecule has 1 aliphatic carbocycles. The highest BCUT2D eigenvalue weighted by atomic mass is 16.6. The predicted molar refractivity (Wildman–Crippen MR) is 65.7 cm³/mol. The zero-order chi connectivity index (χ0) is 14.2. The molecule has 1 aliphatic heterocycles. The summed E-state index contributed by atoms with van der Waals surface area (Å²) in [7, 11) is 0. The molecule has 104 valence electrons. The fraction of sp³-hybridized carbons (Fsp3) is 0.786. The van der Waals surface area contributed by atoms with Gasteiger partial charge in [-0.15, -0.1) is 0 Å². The lowest BCUT2D eigenvalue weighted by atomic mass is 9.90. The van der Waals surface area contributed by atoms with Gasteiger partial charge in [0, 0.05) is 12.3 Å². The van der Waals surface area contributed by atoms with Crippen LogP contribution in [0.5, 0.6) is 0 Å². The first kappa shape index (κ1) is 13.9. The van der Waals surface area contributed by atoms with Gasteiger partial charge in [-0.1, -0.05) is 6.92 Å². The maximum absolute atomic E-state index is 12.0. The molecule has 19 heavy (non-hydrogen) atoms.